The number of carbonyl (C=O) groups excluding carboxylic acids is 1. The molecule has 3 aromatic rings. The van der Waals surface area contributed by atoms with Crippen LogP contribution in [-0.2, 0) is 0 Å². The number of hydrogen-bond acceptors (Lipinski definition) is 5. The van der Waals surface area contributed by atoms with Crippen LogP contribution < -0.4 is 5.32 Å². The van der Waals surface area contributed by atoms with Crippen molar-refractivity contribution in [1.82, 2.24) is 20.3 Å². The number of hydrogen-bond donors (Lipinski definition) is 1. The van der Waals surface area contributed by atoms with Crippen molar-refractivity contribution in [3.8, 4) is 11.4 Å². The van der Waals surface area contributed by atoms with Gasteiger partial charge in [0.1, 0.15) is 0 Å². The first-order valence-corrected chi connectivity index (χ1v) is 8.48. The number of carbonyl (C=O) groups is 1. The molecule has 2 aromatic heterocycles. The van der Waals surface area contributed by atoms with Gasteiger partial charge in [-0.1, -0.05) is 30.3 Å². The number of benzene rings is 1. The third kappa shape index (κ3) is 3.49. The lowest BCUT2D eigenvalue weighted by Gasteiger charge is -2.12. The normalized spacial score (nSPS) is 12.0. The molecule has 122 valence electrons. The Morgan fingerprint density at radius 3 is 2.38 bits per heavy atom. The smallest absolute Gasteiger partial charge is 0.254 e. The van der Waals surface area contributed by atoms with Crippen LogP contribution in [-0.4, -0.2) is 20.9 Å². The van der Waals surface area contributed by atoms with Crippen LogP contribution in [0.4, 0.5) is 0 Å². The molecule has 0 unspecified atom stereocenters. The minimum atomic E-state index is -0.187. The zero-order valence-electron chi connectivity index (χ0n) is 13.8. The summed E-state index contributed by atoms with van der Waals surface area (Å²) in [6.45, 7) is 5.88. The molecule has 0 bridgehead atoms. The fourth-order valence-corrected chi connectivity index (χ4v) is 3.41. The van der Waals surface area contributed by atoms with Gasteiger partial charge in [-0.05, 0) is 20.8 Å². The van der Waals surface area contributed by atoms with Crippen molar-refractivity contribution < 1.29 is 4.79 Å². The third-order valence-corrected chi connectivity index (χ3v) is 4.88. The predicted octanol–water partition coefficient (Wildman–Crippen LogP) is 3.71. The molecule has 0 fully saturated rings. The molecule has 1 atom stereocenters. The molecule has 1 N–H and O–H groups in total. The van der Waals surface area contributed by atoms with Crippen LogP contribution in [0.1, 0.15) is 38.9 Å². The van der Waals surface area contributed by atoms with E-state index in [4.69, 9.17) is 0 Å². The molecular formula is C18H18N4OS. The summed E-state index contributed by atoms with van der Waals surface area (Å²) in [5, 5.41) is 3.98. The van der Waals surface area contributed by atoms with Crippen LogP contribution in [0, 0.1) is 13.8 Å². The number of aromatic nitrogens is 3. The summed E-state index contributed by atoms with van der Waals surface area (Å²) >= 11 is 1.60. The highest BCUT2D eigenvalue weighted by atomic mass is 32.1. The first-order valence-electron chi connectivity index (χ1n) is 7.67. The quantitative estimate of drug-likeness (QED) is 0.787. The Kier molecular flexibility index (Phi) is 4.66. The van der Waals surface area contributed by atoms with Crippen molar-refractivity contribution >= 4 is 17.2 Å². The Morgan fingerprint density at radius 2 is 1.79 bits per heavy atom. The molecule has 0 aliphatic heterocycles. The van der Waals surface area contributed by atoms with E-state index in [0.717, 1.165) is 21.1 Å². The average Bonchev–Trinajstić information content (AvgIpc) is 2.94. The number of nitrogens with one attached hydrogen (secondary N) is 1. The Morgan fingerprint density at radius 1 is 1.12 bits per heavy atom. The minimum Gasteiger partial charge on any atom is -0.345 e. The molecule has 0 saturated carbocycles. The van der Waals surface area contributed by atoms with Gasteiger partial charge < -0.3 is 5.32 Å². The standard InChI is InChI=1S/C18H18N4OS/c1-11-16(24-13(3)21-11)12(2)22-18(23)15-9-19-17(20-10-15)14-7-5-4-6-8-14/h4-10,12H,1-3H3,(H,22,23)/t12-/m1/s1. The molecule has 24 heavy (non-hydrogen) atoms. The minimum absolute atomic E-state index is 0.0995. The molecule has 3 rings (SSSR count). The lowest BCUT2D eigenvalue weighted by atomic mass is 10.2. The number of thiazole rings is 1. The van der Waals surface area contributed by atoms with Crippen molar-refractivity contribution in [3.05, 3.63) is 63.9 Å². The summed E-state index contributed by atoms with van der Waals surface area (Å²) in [4.78, 5) is 26.4. The zero-order chi connectivity index (χ0) is 17.1. The van der Waals surface area contributed by atoms with Crippen molar-refractivity contribution in [3.63, 3.8) is 0 Å². The van der Waals surface area contributed by atoms with Gasteiger partial charge in [0, 0.05) is 22.8 Å². The number of amides is 1. The maximum absolute atomic E-state index is 12.4. The van der Waals surface area contributed by atoms with E-state index in [1.165, 1.54) is 0 Å². The van der Waals surface area contributed by atoms with E-state index in [1.807, 2.05) is 51.1 Å². The highest BCUT2D eigenvalue weighted by Crippen LogP contribution is 2.24. The molecule has 0 aliphatic rings. The van der Waals surface area contributed by atoms with Crippen molar-refractivity contribution in [2.24, 2.45) is 0 Å². The molecule has 5 nitrogen and oxygen atoms in total. The van der Waals surface area contributed by atoms with Crippen LogP contribution in [0.15, 0.2) is 42.7 Å². The summed E-state index contributed by atoms with van der Waals surface area (Å²) in [5.41, 5.74) is 2.33. The SMILES string of the molecule is Cc1nc(C)c([C@@H](C)NC(=O)c2cnc(-c3ccccc3)nc2)s1. The second-order valence-electron chi connectivity index (χ2n) is 5.54. The van der Waals surface area contributed by atoms with Gasteiger partial charge in [0.25, 0.3) is 5.91 Å². The molecule has 1 aromatic carbocycles. The maximum atomic E-state index is 12.4. The lowest BCUT2D eigenvalue weighted by Crippen LogP contribution is -2.26. The van der Waals surface area contributed by atoms with Gasteiger partial charge in [-0.3, -0.25) is 4.79 Å². The van der Waals surface area contributed by atoms with Gasteiger partial charge >= 0.3 is 0 Å². The Labute approximate surface area is 144 Å². The van der Waals surface area contributed by atoms with Crippen molar-refractivity contribution in [2.75, 3.05) is 0 Å². The van der Waals surface area contributed by atoms with E-state index in [1.54, 1.807) is 23.7 Å². The Bertz CT molecular complexity index is 843. The highest BCUT2D eigenvalue weighted by molar-refractivity contribution is 7.11. The topological polar surface area (TPSA) is 67.8 Å². The van der Waals surface area contributed by atoms with Gasteiger partial charge in [-0.2, -0.15) is 0 Å². The molecule has 0 spiro atoms. The number of nitrogens with zero attached hydrogens (tertiary/aromatic N) is 3. The number of rotatable bonds is 4. The largest absolute Gasteiger partial charge is 0.345 e. The molecule has 2 heterocycles. The van der Waals surface area contributed by atoms with Gasteiger partial charge in [-0.15, -0.1) is 11.3 Å². The molecule has 0 aliphatic carbocycles. The maximum Gasteiger partial charge on any atom is 0.254 e. The van der Waals surface area contributed by atoms with Crippen LogP contribution in [0.2, 0.25) is 0 Å². The summed E-state index contributed by atoms with van der Waals surface area (Å²) in [6, 6.07) is 9.58. The summed E-state index contributed by atoms with van der Waals surface area (Å²) < 4.78 is 0. The first kappa shape index (κ1) is 16.3. The van der Waals surface area contributed by atoms with Gasteiger partial charge in [0.15, 0.2) is 5.82 Å². The highest BCUT2D eigenvalue weighted by Gasteiger charge is 2.17. The van der Waals surface area contributed by atoms with Crippen LogP contribution in [0.3, 0.4) is 0 Å². The summed E-state index contributed by atoms with van der Waals surface area (Å²) in [7, 11) is 0. The Balaban J connectivity index is 1.72. The molecule has 0 radical (unpaired) electrons. The lowest BCUT2D eigenvalue weighted by molar-refractivity contribution is 0.0939. The molecule has 6 heteroatoms. The van der Waals surface area contributed by atoms with E-state index in [2.05, 4.69) is 20.3 Å². The first-order chi connectivity index (χ1) is 11.5. The van der Waals surface area contributed by atoms with E-state index in [-0.39, 0.29) is 11.9 Å². The van der Waals surface area contributed by atoms with E-state index < -0.39 is 0 Å². The third-order valence-electron chi connectivity index (χ3n) is 3.63. The van der Waals surface area contributed by atoms with E-state index in [9.17, 15) is 4.79 Å². The van der Waals surface area contributed by atoms with E-state index in [0.29, 0.717) is 11.4 Å². The summed E-state index contributed by atoms with van der Waals surface area (Å²) in [5.74, 6) is 0.418. The van der Waals surface area contributed by atoms with Crippen LogP contribution in [0.5, 0.6) is 0 Å². The molecule has 0 saturated heterocycles. The van der Waals surface area contributed by atoms with Gasteiger partial charge in [-0.25, -0.2) is 15.0 Å². The second-order valence-corrected chi connectivity index (χ2v) is 6.77. The van der Waals surface area contributed by atoms with Crippen molar-refractivity contribution in [2.45, 2.75) is 26.8 Å². The van der Waals surface area contributed by atoms with Crippen LogP contribution >= 0.6 is 11.3 Å². The van der Waals surface area contributed by atoms with Gasteiger partial charge in [0.05, 0.1) is 22.3 Å². The zero-order valence-corrected chi connectivity index (χ0v) is 14.6. The van der Waals surface area contributed by atoms with Crippen LogP contribution in [0.25, 0.3) is 11.4 Å². The molecule has 1 amide bonds. The fourth-order valence-electron chi connectivity index (χ4n) is 2.48. The monoisotopic (exact) mass is 338 g/mol. The fraction of sp³-hybridized carbons (Fsp3) is 0.222. The van der Waals surface area contributed by atoms with Crippen molar-refractivity contribution in [1.29, 1.82) is 0 Å². The Hall–Kier alpha value is -2.60. The second kappa shape index (κ2) is 6.88. The predicted molar refractivity (Wildman–Crippen MR) is 94.9 cm³/mol. The van der Waals surface area contributed by atoms with E-state index >= 15 is 0 Å². The van der Waals surface area contributed by atoms with Gasteiger partial charge in [0.2, 0.25) is 0 Å². The summed E-state index contributed by atoms with van der Waals surface area (Å²) in [6.07, 6.45) is 3.12. The average molecular weight is 338 g/mol. The number of aryl methyl sites for hydroxylation is 2. The molecular weight excluding hydrogens is 320 g/mol.